The molecular weight excluding hydrogens is 732 g/mol. The number of fused-ring (bicyclic) bond motifs is 2. The van der Waals surface area contributed by atoms with Crippen molar-refractivity contribution in [3.63, 3.8) is 0 Å². The first-order valence-electron chi connectivity index (χ1n) is 14.5. The Hall–Kier alpha value is -3.66. The summed E-state index contributed by atoms with van der Waals surface area (Å²) < 4.78 is 7.73. The van der Waals surface area contributed by atoms with Crippen LogP contribution in [0.4, 0.5) is 0 Å². The van der Waals surface area contributed by atoms with Crippen molar-refractivity contribution >= 4 is 69.4 Å². The second-order valence-corrected chi connectivity index (χ2v) is 16.1. The summed E-state index contributed by atoms with van der Waals surface area (Å²) in [4.78, 5) is 35.6. The van der Waals surface area contributed by atoms with Gasteiger partial charge in [-0.2, -0.15) is 18.3 Å². The first kappa shape index (κ1) is 32.9. The Morgan fingerprint density at radius 2 is 1.06 bits per heavy atom. The normalized spacial score (nSPS) is 16.3. The van der Waals surface area contributed by atoms with Gasteiger partial charge in [0.25, 0.3) is 11.8 Å². The van der Waals surface area contributed by atoms with Crippen LogP contribution in [0.5, 0.6) is 11.8 Å². The molecule has 6 heterocycles. The average molecular weight is 758 g/mol. The number of benzene rings is 2. The van der Waals surface area contributed by atoms with E-state index in [0.717, 1.165) is 31.6 Å². The van der Waals surface area contributed by atoms with Gasteiger partial charge in [-0.1, -0.05) is 83.9 Å². The van der Waals surface area contributed by atoms with Gasteiger partial charge >= 0.3 is 21.4 Å². The predicted octanol–water partition coefficient (Wildman–Crippen LogP) is 5.70. The zero-order valence-electron chi connectivity index (χ0n) is 25.3. The molecule has 0 bridgehead atoms. The van der Waals surface area contributed by atoms with E-state index in [1.165, 1.54) is 22.7 Å². The maximum absolute atomic E-state index is 12.7. The summed E-state index contributed by atoms with van der Waals surface area (Å²) in [6.07, 6.45) is 3.46. The highest BCUT2D eigenvalue weighted by atomic mass is 35.5. The van der Waals surface area contributed by atoms with Crippen molar-refractivity contribution in [1.29, 1.82) is 0 Å². The van der Waals surface area contributed by atoms with Gasteiger partial charge in [0, 0.05) is 12.4 Å². The fourth-order valence-electron chi connectivity index (χ4n) is 5.77. The van der Waals surface area contributed by atoms with E-state index in [4.69, 9.17) is 23.2 Å². The maximum atomic E-state index is 12.7. The number of rotatable bonds is 4. The van der Waals surface area contributed by atoms with Crippen LogP contribution in [0.2, 0.25) is 8.93 Å². The summed E-state index contributed by atoms with van der Waals surface area (Å²) in [7, 11) is 3.46. The molecule has 244 valence electrons. The quantitative estimate of drug-likeness (QED) is 0.174. The molecule has 0 unspecified atom stereocenters. The zero-order chi connectivity index (χ0) is 33.7. The third kappa shape index (κ3) is 5.73. The molecular formula is C32H26Cl2N6O4S4+2. The fraction of sp³-hybridized carbons (Fsp3) is 0.188. The zero-order valence-corrected chi connectivity index (χ0v) is 30.1. The van der Waals surface area contributed by atoms with Crippen molar-refractivity contribution < 1.29 is 19.3 Å². The second-order valence-electron chi connectivity index (χ2n) is 10.8. The van der Waals surface area contributed by atoms with Crippen molar-refractivity contribution in [3.8, 4) is 34.0 Å². The number of halogens is 2. The molecule has 2 atom stereocenters. The number of nitrogens with zero attached hydrogens (tertiary/aromatic N) is 6. The van der Waals surface area contributed by atoms with Gasteiger partial charge < -0.3 is 10.2 Å². The third-order valence-corrected chi connectivity index (χ3v) is 12.9. The van der Waals surface area contributed by atoms with Gasteiger partial charge in [-0.3, -0.25) is 0 Å². The Morgan fingerprint density at radius 3 is 1.40 bits per heavy atom. The standard InChI is InChI=1S/2C16H12ClN3O2S2/c2*1-19-13(21)12(9-5-3-2-4-6-9)14(22)20-10(8-23-16(19)20)11-7-18-15(17)24-11/h2*2-7,10H,8H2,1H3/p+2/t2*10-/m11/s1. The smallest absolute Gasteiger partial charge is 0.349 e. The van der Waals surface area contributed by atoms with E-state index in [1.807, 2.05) is 60.7 Å². The fourth-order valence-corrected chi connectivity index (χ4v) is 10.6. The summed E-state index contributed by atoms with van der Waals surface area (Å²) in [5.74, 6) is 1.41. The Balaban J connectivity index is 0.000000152. The van der Waals surface area contributed by atoms with Crippen LogP contribution < -0.4 is 20.3 Å². The molecule has 8 rings (SSSR count). The summed E-state index contributed by atoms with van der Waals surface area (Å²) in [6.45, 7) is 0. The molecule has 0 spiro atoms. The number of hydrogen-bond acceptors (Lipinski definition) is 10. The molecule has 2 aromatic carbocycles. The molecule has 10 nitrogen and oxygen atoms in total. The number of hydrogen-bond donors (Lipinski definition) is 2. The van der Waals surface area contributed by atoms with Gasteiger partial charge in [0.2, 0.25) is 0 Å². The largest absolute Gasteiger partial charge is 0.477 e. The lowest BCUT2D eigenvalue weighted by molar-refractivity contribution is -0.748. The molecule has 0 saturated carbocycles. The van der Waals surface area contributed by atoms with Crippen LogP contribution in [0.3, 0.4) is 0 Å². The topological polar surface area (TPSA) is 118 Å². The van der Waals surface area contributed by atoms with E-state index in [0.29, 0.717) is 31.2 Å². The highest BCUT2D eigenvalue weighted by Crippen LogP contribution is 2.39. The summed E-state index contributed by atoms with van der Waals surface area (Å²) in [5.41, 5.74) is 1.60. The van der Waals surface area contributed by atoms with Gasteiger partial charge in [0.15, 0.2) is 32.1 Å². The minimum absolute atomic E-state index is 0.0150. The van der Waals surface area contributed by atoms with Crippen molar-refractivity contribution in [3.05, 3.63) is 112 Å². The molecule has 6 aromatic rings. The van der Waals surface area contributed by atoms with E-state index in [2.05, 4.69) is 9.97 Å². The van der Waals surface area contributed by atoms with Crippen LogP contribution in [-0.4, -0.2) is 40.8 Å². The highest BCUT2D eigenvalue weighted by Gasteiger charge is 2.41. The number of thiazole rings is 2. The predicted molar refractivity (Wildman–Crippen MR) is 190 cm³/mol. The SMILES string of the molecule is Cn1c2[n+](c(O)c(-c3ccccc3)c1=O)[C@@H](c1cnc(Cl)s1)CS2.Cn1c2[n+](c(O)c(-c3ccccc3)c1=O)[C@@H](c1cnc(Cl)s1)CS2. The summed E-state index contributed by atoms with van der Waals surface area (Å²) in [5, 5.41) is 23.2. The van der Waals surface area contributed by atoms with Crippen LogP contribution in [0.15, 0.2) is 93.0 Å². The summed E-state index contributed by atoms with van der Waals surface area (Å²) in [6, 6.07) is 18.3. The van der Waals surface area contributed by atoms with Crippen molar-refractivity contribution in [2.75, 3.05) is 11.5 Å². The molecule has 16 heteroatoms. The molecule has 2 aliphatic heterocycles. The van der Waals surface area contributed by atoms with E-state index in [-0.39, 0.29) is 35.0 Å². The lowest BCUT2D eigenvalue weighted by Gasteiger charge is -2.11. The molecule has 0 saturated heterocycles. The van der Waals surface area contributed by atoms with Crippen LogP contribution in [0.1, 0.15) is 21.8 Å². The lowest BCUT2D eigenvalue weighted by Crippen LogP contribution is -2.44. The van der Waals surface area contributed by atoms with Crippen LogP contribution in [0.25, 0.3) is 22.3 Å². The number of thioether (sulfide) groups is 2. The molecule has 48 heavy (non-hydrogen) atoms. The molecule has 2 aliphatic rings. The first-order chi connectivity index (χ1) is 23.2. The minimum Gasteiger partial charge on any atom is -0.477 e. The van der Waals surface area contributed by atoms with Gasteiger partial charge in [-0.05, 0) is 34.7 Å². The second kappa shape index (κ2) is 13.3. The van der Waals surface area contributed by atoms with Crippen LogP contribution >= 0.6 is 69.4 Å². The van der Waals surface area contributed by atoms with Gasteiger partial charge in [-0.25, -0.2) is 19.6 Å². The average Bonchev–Trinajstić information content (AvgIpc) is 3.90. The Kier molecular flexibility index (Phi) is 9.13. The van der Waals surface area contributed by atoms with Crippen molar-refractivity contribution in [1.82, 2.24) is 19.1 Å². The van der Waals surface area contributed by atoms with Crippen molar-refractivity contribution in [2.45, 2.75) is 22.4 Å². The Morgan fingerprint density at radius 1 is 0.688 bits per heavy atom. The monoisotopic (exact) mass is 756 g/mol. The van der Waals surface area contributed by atoms with Gasteiger partial charge in [0.05, 0.1) is 35.4 Å². The summed E-state index contributed by atoms with van der Waals surface area (Å²) >= 11 is 17.8. The lowest BCUT2D eigenvalue weighted by atomic mass is 10.1. The minimum atomic E-state index is -0.208. The van der Waals surface area contributed by atoms with Crippen LogP contribution in [0, 0.1) is 0 Å². The van der Waals surface area contributed by atoms with Crippen LogP contribution in [-0.2, 0) is 14.1 Å². The molecule has 4 aromatic heterocycles. The van der Waals surface area contributed by atoms with Gasteiger partial charge in [-0.15, -0.1) is 22.7 Å². The Labute approximate surface area is 300 Å². The van der Waals surface area contributed by atoms with Crippen molar-refractivity contribution in [2.24, 2.45) is 14.1 Å². The first-order valence-corrected chi connectivity index (χ1v) is 18.9. The molecule has 0 radical (unpaired) electrons. The Bertz CT molecular complexity index is 2130. The van der Waals surface area contributed by atoms with E-state index in [9.17, 15) is 19.8 Å². The molecule has 0 fully saturated rings. The number of aromatic hydroxyl groups is 2. The maximum Gasteiger partial charge on any atom is 0.349 e. The number of aromatic nitrogens is 6. The highest BCUT2D eigenvalue weighted by molar-refractivity contribution is 7.99. The molecule has 0 amide bonds. The van der Waals surface area contributed by atoms with E-state index in [1.54, 1.807) is 68.3 Å². The third-order valence-electron chi connectivity index (χ3n) is 8.06. The van der Waals surface area contributed by atoms with E-state index >= 15 is 0 Å². The molecule has 2 N–H and O–H groups in total. The van der Waals surface area contributed by atoms with E-state index < -0.39 is 0 Å². The van der Waals surface area contributed by atoms with Gasteiger partial charge in [0.1, 0.15) is 0 Å². The molecule has 0 aliphatic carbocycles.